The van der Waals surface area contributed by atoms with E-state index in [-0.39, 0.29) is 11.8 Å². The predicted octanol–water partition coefficient (Wildman–Crippen LogP) is 3.98. The lowest BCUT2D eigenvalue weighted by atomic mass is 10.1. The van der Waals surface area contributed by atoms with E-state index in [1.54, 1.807) is 0 Å². The number of allylic oxidation sites excluding steroid dienone is 2. The number of halogens is 6. The summed E-state index contributed by atoms with van der Waals surface area (Å²) in [5, 5.41) is 2.01. The number of hydrogen-bond acceptors (Lipinski definition) is 3. The Kier molecular flexibility index (Phi) is 3.27. The molecule has 1 saturated carbocycles. The highest BCUT2D eigenvalue weighted by atomic mass is 19.4. The van der Waals surface area contributed by atoms with Crippen molar-refractivity contribution in [2.75, 3.05) is 5.32 Å². The third-order valence-corrected chi connectivity index (χ3v) is 3.60. The van der Waals surface area contributed by atoms with Crippen molar-refractivity contribution >= 4 is 11.4 Å². The van der Waals surface area contributed by atoms with Crippen LogP contribution >= 0.6 is 0 Å². The summed E-state index contributed by atoms with van der Waals surface area (Å²) in [6, 6.07) is 0.554. The second-order valence-corrected chi connectivity index (χ2v) is 5.15. The van der Waals surface area contributed by atoms with Crippen molar-refractivity contribution in [2.45, 2.75) is 24.3 Å². The minimum Gasteiger partial charge on any atom is -0.350 e. The first-order valence-electron chi connectivity index (χ1n) is 6.42. The summed E-state index contributed by atoms with van der Waals surface area (Å²) in [6.45, 7) is 3.64. The van der Waals surface area contributed by atoms with E-state index in [4.69, 9.17) is 0 Å². The van der Waals surface area contributed by atoms with Crippen molar-refractivity contribution in [1.29, 1.82) is 0 Å². The molecule has 23 heavy (non-hydrogen) atoms. The molecular weight excluding hydrogens is 324 g/mol. The molecule has 0 amide bonds. The molecule has 0 saturated heterocycles. The van der Waals surface area contributed by atoms with Gasteiger partial charge in [0.1, 0.15) is 11.4 Å². The molecule has 3 rings (SSSR count). The number of nitrogens with zero attached hydrogens (tertiary/aromatic N) is 2. The van der Waals surface area contributed by atoms with Crippen LogP contribution in [0.15, 0.2) is 47.4 Å². The maximum atomic E-state index is 13.0. The maximum absolute atomic E-state index is 13.0. The van der Waals surface area contributed by atoms with Crippen molar-refractivity contribution in [3.63, 3.8) is 0 Å². The highest BCUT2D eigenvalue weighted by Gasteiger charge is 2.49. The highest BCUT2D eigenvalue weighted by Crippen LogP contribution is 2.52. The van der Waals surface area contributed by atoms with Gasteiger partial charge in [0, 0.05) is 12.1 Å². The van der Waals surface area contributed by atoms with Crippen LogP contribution in [0.3, 0.4) is 0 Å². The average molecular weight is 333 g/mol. The lowest BCUT2D eigenvalue weighted by Gasteiger charge is -2.17. The Morgan fingerprint density at radius 3 is 2.39 bits per heavy atom. The Hall–Kier alpha value is -2.32. The topological polar surface area (TPSA) is 37.3 Å². The van der Waals surface area contributed by atoms with Crippen LogP contribution in [0.25, 0.3) is 0 Å². The van der Waals surface area contributed by atoms with Gasteiger partial charge in [0.05, 0.1) is 17.9 Å². The smallest absolute Gasteiger partial charge is 0.350 e. The number of rotatable bonds is 0. The van der Waals surface area contributed by atoms with Crippen LogP contribution < -0.4 is 5.32 Å². The van der Waals surface area contributed by atoms with Gasteiger partial charge in [-0.15, -0.1) is 0 Å². The molecule has 2 unspecified atom stereocenters. The first kappa shape index (κ1) is 15.6. The average Bonchev–Trinajstić information content (AvgIpc) is 3.03. The van der Waals surface area contributed by atoms with Crippen LogP contribution in [0.1, 0.15) is 11.5 Å². The van der Waals surface area contributed by atoms with E-state index < -0.39 is 35.7 Å². The fraction of sp³-hybridized carbons (Fsp3) is 0.286. The summed E-state index contributed by atoms with van der Waals surface area (Å²) in [7, 11) is 0. The number of aromatic nitrogens is 1. The van der Waals surface area contributed by atoms with Crippen LogP contribution in [0.5, 0.6) is 0 Å². The molecule has 1 aliphatic heterocycles. The predicted molar refractivity (Wildman–Crippen MR) is 71.2 cm³/mol. The molecule has 1 aliphatic carbocycles. The SMILES string of the molecule is C=C1C2/N=C(C(F)(F)F)/C=C(/C(F)(F)F)Nc3cnccc3C12. The van der Waals surface area contributed by atoms with Gasteiger partial charge in [-0.2, -0.15) is 26.3 Å². The van der Waals surface area contributed by atoms with Gasteiger partial charge in [-0.05, 0) is 23.3 Å². The molecule has 2 atom stereocenters. The highest BCUT2D eigenvalue weighted by molar-refractivity contribution is 6.01. The summed E-state index contributed by atoms with van der Waals surface area (Å²) in [4.78, 5) is 7.16. The monoisotopic (exact) mass is 333 g/mol. The number of alkyl halides is 6. The fourth-order valence-corrected chi connectivity index (χ4v) is 2.42. The molecule has 0 spiro atoms. The Balaban J connectivity index is 2.18. The summed E-state index contributed by atoms with van der Waals surface area (Å²) < 4.78 is 78.1. The van der Waals surface area contributed by atoms with E-state index in [1.807, 2.05) is 5.32 Å². The van der Waals surface area contributed by atoms with Crippen LogP contribution in [-0.4, -0.2) is 29.1 Å². The number of fused-ring (bicyclic) bond motifs is 3. The van der Waals surface area contributed by atoms with Crippen molar-refractivity contribution in [3.05, 3.63) is 47.9 Å². The van der Waals surface area contributed by atoms with Gasteiger partial charge in [-0.3, -0.25) is 9.98 Å². The quantitative estimate of drug-likeness (QED) is 0.576. The zero-order valence-electron chi connectivity index (χ0n) is 11.3. The molecule has 3 nitrogen and oxygen atoms in total. The van der Waals surface area contributed by atoms with E-state index >= 15 is 0 Å². The molecule has 2 heterocycles. The van der Waals surface area contributed by atoms with Crippen LogP contribution in [-0.2, 0) is 0 Å². The van der Waals surface area contributed by atoms with Crippen LogP contribution in [0, 0.1) is 0 Å². The van der Waals surface area contributed by atoms with Gasteiger partial charge >= 0.3 is 12.4 Å². The molecule has 1 fully saturated rings. The van der Waals surface area contributed by atoms with Crippen molar-refractivity contribution < 1.29 is 26.3 Å². The van der Waals surface area contributed by atoms with Crippen LogP contribution in [0.4, 0.5) is 32.0 Å². The summed E-state index contributed by atoms with van der Waals surface area (Å²) in [5.74, 6) is -0.557. The first-order valence-corrected chi connectivity index (χ1v) is 6.42. The van der Waals surface area contributed by atoms with E-state index in [2.05, 4.69) is 16.6 Å². The Morgan fingerprint density at radius 2 is 1.78 bits per heavy atom. The molecule has 122 valence electrons. The molecule has 1 aromatic rings. The normalized spacial score (nSPS) is 28.7. The molecule has 1 aromatic heterocycles. The number of aliphatic imine (C=N–C) groups is 1. The molecular formula is C14H9F6N3. The number of anilines is 1. The minimum absolute atomic E-state index is 0.0108. The van der Waals surface area contributed by atoms with E-state index in [0.717, 1.165) is 6.20 Å². The van der Waals surface area contributed by atoms with Crippen molar-refractivity contribution in [1.82, 2.24) is 4.98 Å². The molecule has 0 bridgehead atoms. The zero-order valence-corrected chi connectivity index (χ0v) is 11.3. The van der Waals surface area contributed by atoms with E-state index in [9.17, 15) is 26.3 Å². The summed E-state index contributed by atoms with van der Waals surface area (Å²) >= 11 is 0. The number of pyridine rings is 1. The van der Waals surface area contributed by atoms with Gasteiger partial charge < -0.3 is 5.32 Å². The van der Waals surface area contributed by atoms with Gasteiger partial charge in [-0.25, -0.2) is 0 Å². The van der Waals surface area contributed by atoms with Gasteiger partial charge in [-0.1, -0.05) is 6.58 Å². The Labute approximate surface area is 126 Å². The minimum atomic E-state index is -5.00. The standard InChI is InChI=1S/C14H9F6N3/c1-6-11-7-2-3-21-5-8(7)22-9(13(15,16)17)4-10(14(18,19)20)23-12(6)11/h2-5,11-12,22H,1H2/b9-4-,23-10-. The van der Waals surface area contributed by atoms with Gasteiger partial charge in [0.25, 0.3) is 0 Å². The van der Waals surface area contributed by atoms with Crippen molar-refractivity contribution in [3.8, 4) is 0 Å². The Morgan fingerprint density at radius 1 is 1.09 bits per heavy atom. The fourth-order valence-electron chi connectivity index (χ4n) is 2.42. The number of nitrogens with one attached hydrogen (secondary N) is 1. The summed E-state index contributed by atoms with van der Waals surface area (Å²) in [6.07, 6.45) is -7.53. The van der Waals surface area contributed by atoms with Crippen molar-refractivity contribution in [2.24, 2.45) is 4.99 Å². The van der Waals surface area contributed by atoms with E-state index in [1.165, 1.54) is 12.3 Å². The third-order valence-electron chi connectivity index (χ3n) is 3.60. The Bertz CT molecular complexity index is 729. The maximum Gasteiger partial charge on any atom is 0.432 e. The molecule has 2 aliphatic rings. The lowest BCUT2D eigenvalue weighted by molar-refractivity contribution is -0.0904. The molecule has 1 N–H and O–H groups in total. The van der Waals surface area contributed by atoms with Gasteiger partial charge in [0.2, 0.25) is 0 Å². The third kappa shape index (κ3) is 2.82. The lowest BCUT2D eigenvalue weighted by Crippen LogP contribution is -2.26. The second-order valence-electron chi connectivity index (χ2n) is 5.15. The second kappa shape index (κ2) is 4.84. The van der Waals surface area contributed by atoms with Gasteiger partial charge in [0.15, 0.2) is 0 Å². The summed E-state index contributed by atoms with van der Waals surface area (Å²) in [5.41, 5.74) is -2.34. The molecule has 0 aromatic carbocycles. The molecule has 9 heteroatoms. The number of hydrogen-bond donors (Lipinski definition) is 1. The molecule has 0 radical (unpaired) electrons. The largest absolute Gasteiger partial charge is 0.432 e. The van der Waals surface area contributed by atoms with E-state index in [0.29, 0.717) is 11.1 Å². The first-order chi connectivity index (χ1) is 10.6. The van der Waals surface area contributed by atoms with Crippen LogP contribution in [0.2, 0.25) is 0 Å². The zero-order chi connectivity index (χ0) is 17.0.